The summed E-state index contributed by atoms with van der Waals surface area (Å²) in [6.07, 6.45) is 0.849. The van der Waals surface area contributed by atoms with Crippen molar-refractivity contribution in [2.24, 2.45) is 5.92 Å². The first-order valence-electron chi connectivity index (χ1n) is 9.96. The lowest BCUT2D eigenvalue weighted by atomic mass is 9.87. The zero-order valence-corrected chi connectivity index (χ0v) is 19.8. The first kappa shape index (κ1) is 23.3. The molecule has 0 aliphatic rings. The second-order valence-corrected chi connectivity index (χ2v) is 9.56. The summed E-state index contributed by atoms with van der Waals surface area (Å²) >= 11 is 3.56. The van der Waals surface area contributed by atoms with E-state index < -0.39 is 0 Å². The van der Waals surface area contributed by atoms with Gasteiger partial charge in [-0.2, -0.15) is 0 Å². The van der Waals surface area contributed by atoms with E-state index in [0.717, 1.165) is 22.2 Å². The summed E-state index contributed by atoms with van der Waals surface area (Å²) in [4.78, 5) is 12.6. The lowest BCUT2D eigenvalue weighted by Crippen LogP contribution is -2.33. The van der Waals surface area contributed by atoms with E-state index in [1.165, 1.54) is 5.56 Å². The predicted octanol–water partition coefficient (Wildman–Crippen LogP) is 6.04. The monoisotopic (exact) mass is 461 g/mol. The molecule has 5 heteroatoms. The van der Waals surface area contributed by atoms with Crippen molar-refractivity contribution in [1.82, 2.24) is 5.32 Å². The normalized spacial score (nSPS) is 12.6. The molecule has 0 saturated carbocycles. The van der Waals surface area contributed by atoms with Crippen molar-refractivity contribution in [2.75, 3.05) is 13.7 Å². The molecule has 29 heavy (non-hydrogen) atoms. The summed E-state index contributed by atoms with van der Waals surface area (Å²) < 4.78 is 11.8. The Morgan fingerprint density at radius 1 is 1.10 bits per heavy atom. The molecule has 0 radical (unpaired) electrons. The Hall–Kier alpha value is -2.01. The van der Waals surface area contributed by atoms with Crippen LogP contribution in [-0.2, 0) is 10.2 Å². The van der Waals surface area contributed by atoms with Gasteiger partial charge in [-0.3, -0.25) is 4.79 Å². The number of carbonyl (C=O) groups excluding carboxylic acids is 1. The average molecular weight is 462 g/mol. The second-order valence-electron chi connectivity index (χ2n) is 8.71. The fraction of sp³-hybridized carbons (Fsp3) is 0.458. The fourth-order valence-electron chi connectivity index (χ4n) is 3.05. The van der Waals surface area contributed by atoms with Gasteiger partial charge in [0.1, 0.15) is 11.5 Å². The summed E-state index contributed by atoms with van der Waals surface area (Å²) in [7, 11) is 1.64. The minimum Gasteiger partial charge on any atom is -0.497 e. The Kier molecular flexibility index (Phi) is 8.14. The number of rotatable bonds is 8. The Labute approximate surface area is 183 Å². The third kappa shape index (κ3) is 7.07. The number of carbonyl (C=O) groups is 1. The van der Waals surface area contributed by atoms with Gasteiger partial charge in [0.25, 0.3) is 5.91 Å². The summed E-state index contributed by atoms with van der Waals surface area (Å²) in [6.45, 7) is 10.8. The highest BCUT2D eigenvalue weighted by molar-refractivity contribution is 9.10. The van der Waals surface area contributed by atoms with E-state index in [1.807, 2.05) is 42.5 Å². The highest BCUT2D eigenvalue weighted by Crippen LogP contribution is 2.31. The van der Waals surface area contributed by atoms with Gasteiger partial charge >= 0.3 is 0 Å². The van der Waals surface area contributed by atoms with Crippen LogP contribution < -0.4 is 14.8 Å². The van der Waals surface area contributed by atoms with Gasteiger partial charge in [0, 0.05) is 0 Å². The van der Waals surface area contributed by atoms with Crippen LogP contribution in [0.2, 0.25) is 0 Å². The molecule has 2 aromatic rings. The molecule has 0 aliphatic carbocycles. The number of benzene rings is 2. The lowest BCUT2D eigenvalue weighted by Gasteiger charge is -2.22. The molecule has 158 valence electrons. The van der Waals surface area contributed by atoms with Crippen LogP contribution >= 0.6 is 15.9 Å². The Bertz CT molecular complexity index is 810. The number of hydrogen-bond acceptors (Lipinski definition) is 3. The van der Waals surface area contributed by atoms with Gasteiger partial charge in [0.2, 0.25) is 0 Å². The number of nitrogens with one attached hydrogen (secondary N) is 1. The molecule has 0 fully saturated rings. The highest BCUT2D eigenvalue weighted by Gasteiger charge is 2.18. The zero-order valence-electron chi connectivity index (χ0n) is 18.2. The van der Waals surface area contributed by atoms with E-state index in [0.29, 0.717) is 11.7 Å². The van der Waals surface area contributed by atoms with E-state index in [2.05, 4.69) is 55.9 Å². The largest absolute Gasteiger partial charge is 0.497 e. The minimum absolute atomic E-state index is 0.0295. The Balaban J connectivity index is 2.02. The van der Waals surface area contributed by atoms with Gasteiger partial charge in [-0.05, 0) is 69.1 Å². The van der Waals surface area contributed by atoms with Crippen LogP contribution in [0.4, 0.5) is 0 Å². The maximum absolute atomic E-state index is 12.6. The quantitative estimate of drug-likeness (QED) is 0.521. The van der Waals surface area contributed by atoms with Crippen molar-refractivity contribution in [3.05, 3.63) is 58.1 Å². The van der Waals surface area contributed by atoms with Crippen molar-refractivity contribution in [3.8, 4) is 11.5 Å². The van der Waals surface area contributed by atoms with E-state index in [-0.39, 0.29) is 24.0 Å². The molecule has 0 bridgehead atoms. The van der Waals surface area contributed by atoms with Crippen LogP contribution in [0.5, 0.6) is 11.5 Å². The van der Waals surface area contributed by atoms with Crippen molar-refractivity contribution in [1.29, 1.82) is 0 Å². The molecule has 0 heterocycles. The van der Waals surface area contributed by atoms with Gasteiger partial charge < -0.3 is 14.8 Å². The average Bonchev–Trinajstić information content (AvgIpc) is 2.65. The summed E-state index contributed by atoms with van der Waals surface area (Å²) in [5.41, 5.74) is 2.32. The number of amides is 1. The second kappa shape index (κ2) is 10.1. The predicted molar refractivity (Wildman–Crippen MR) is 122 cm³/mol. The Morgan fingerprint density at radius 2 is 1.76 bits per heavy atom. The Morgan fingerprint density at radius 3 is 2.28 bits per heavy atom. The van der Waals surface area contributed by atoms with Crippen molar-refractivity contribution in [3.63, 3.8) is 0 Å². The van der Waals surface area contributed by atoms with E-state index in [9.17, 15) is 4.79 Å². The van der Waals surface area contributed by atoms with Crippen LogP contribution in [0.15, 0.2) is 46.9 Å². The van der Waals surface area contributed by atoms with E-state index >= 15 is 0 Å². The number of ether oxygens (including phenoxy) is 2. The van der Waals surface area contributed by atoms with Crippen LogP contribution in [0.25, 0.3) is 0 Å². The molecule has 2 aromatic carbocycles. The van der Waals surface area contributed by atoms with Crippen LogP contribution in [-0.4, -0.2) is 19.6 Å². The molecular formula is C24H32BrNO3. The molecule has 0 spiro atoms. The van der Waals surface area contributed by atoms with Crippen LogP contribution in [0.1, 0.15) is 58.2 Å². The maximum Gasteiger partial charge on any atom is 0.258 e. The number of methoxy groups -OCH3 is 1. The van der Waals surface area contributed by atoms with Crippen molar-refractivity contribution >= 4 is 21.8 Å². The molecule has 0 saturated heterocycles. The maximum atomic E-state index is 12.6. The molecule has 1 N–H and O–H groups in total. The summed E-state index contributed by atoms with van der Waals surface area (Å²) in [6, 6.07) is 13.8. The third-order valence-electron chi connectivity index (χ3n) is 4.72. The number of halogens is 1. The first-order chi connectivity index (χ1) is 13.6. The molecule has 0 aromatic heterocycles. The van der Waals surface area contributed by atoms with Crippen molar-refractivity contribution in [2.45, 2.75) is 52.5 Å². The summed E-state index contributed by atoms with van der Waals surface area (Å²) in [5.74, 6) is 1.77. The molecule has 0 aliphatic heterocycles. The SMILES string of the molecule is COc1ccc([C@H](CC(C)C)NC(=O)COc2ccc(C(C)(C)C)cc2Br)cc1. The van der Waals surface area contributed by atoms with Gasteiger partial charge in [-0.25, -0.2) is 0 Å². The van der Waals surface area contributed by atoms with Gasteiger partial charge in [-0.1, -0.05) is 52.8 Å². The minimum atomic E-state index is -0.140. The highest BCUT2D eigenvalue weighted by atomic mass is 79.9. The smallest absolute Gasteiger partial charge is 0.258 e. The molecule has 1 atom stereocenters. The van der Waals surface area contributed by atoms with Gasteiger partial charge in [-0.15, -0.1) is 0 Å². The summed E-state index contributed by atoms with van der Waals surface area (Å²) in [5, 5.41) is 3.11. The number of hydrogen-bond donors (Lipinski definition) is 1. The van der Waals surface area contributed by atoms with Gasteiger partial charge in [0.05, 0.1) is 17.6 Å². The van der Waals surface area contributed by atoms with E-state index in [4.69, 9.17) is 9.47 Å². The molecule has 1 amide bonds. The third-order valence-corrected chi connectivity index (χ3v) is 5.34. The van der Waals surface area contributed by atoms with Crippen molar-refractivity contribution < 1.29 is 14.3 Å². The zero-order chi connectivity index (χ0) is 21.6. The molecule has 2 rings (SSSR count). The molecular weight excluding hydrogens is 430 g/mol. The fourth-order valence-corrected chi connectivity index (χ4v) is 3.54. The van der Waals surface area contributed by atoms with Crippen LogP contribution in [0.3, 0.4) is 0 Å². The molecule has 0 unspecified atom stereocenters. The lowest BCUT2D eigenvalue weighted by molar-refractivity contribution is -0.124. The topological polar surface area (TPSA) is 47.6 Å². The standard InChI is InChI=1S/C24H32BrNO3/c1-16(2)13-21(17-7-10-19(28-6)11-8-17)26-23(27)15-29-22-12-9-18(14-20(22)25)24(3,4)5/h7-12,14,16,21H,13,15H2,1-6H3,(H,26,27)/t21-/m0/s1. The van der Waals surface area contributed by atoms with Crippen LogP contribution in [0, 0.1) is 5.92 Å². The molecule has 4 nitrogen and oxygen atoms in total. The van der Waals surface area contributed by atoms with E-state index in [1.54, 1.807) is 7.11 Å². The first-order valence-corrected chi connectivity index (χ1v) is 10.8. The van der Waals surface area contributed by atoms with Gasteiger partial charge in [0.15, 0.2) is 6.61 Å².